The van der Waals surface area contributed by atoms with Crippen LogP contribution < -0.4 is 10.1 Å². The minimum absolute atomic E-state index is 0.109. The molecule has 2 N–H and O–H groups in total. The van der Waals surface area contributed by atoms with E-state index in [1.807, 2.05) is 6.20 Å². The van der Waals surface area contributed by atoms with Crippen LogP contribution in [0.25, 0.3) is 10.9 Å². The van der Waals surface area contributed by atoms with E-state index in [4.69, 9.17) is 20.8 Å². The summed E-state index contributed by atoms with van der Waals surface area (Å²) in [6.07, 6.45) is 3.85. The lowest BCUT2D eigenvalue weighted by Gasteiger charge is -2.07. The van der Waals surface area contributed by atoms with Crippen molar-refractivity contribution in [1.82, 2.24) is 10.3 Å². The van der Waals surface area contributed by atoms with Crippen molar-refractivity contribution in [2.75, 3.05) is 6.54 Å². The molecule has 4 rings (SSSR count). The molecule has 0 radical (unpaired) electrons. The molecule has 5 nitrogen and oxygen atoms in total. The molecule has 0 aliphatic carbocycles. The molecule has 0 aliphatic rings. The van der Waals surface area contributed by atoms with Crippen LogP contribution >= 0.6 is 11.6 Å². The Morgan fingerprint density at radius 1 is 1.21 bits per heavy atom. The highest BCUT2D eigenvalue weighted by atomic mass is 35.5. The van der Waals surface area contributed by atoms with Gasteiger partial charge in [-0.15, -0.1) is 0 Å². The second-order valence-electron chi connectivity index (χ2n) is 6.51. The predicted molar refractivity (Wildman–Crippen MR) is 109 cm³/mol. The van der Waals surface area contributed by atoms with Gasteiger partial charge in [-0.25, -0.2) is 4.39 Å². The van der Waals surface area contributed by atoms with E-state index < -0.39 is 0 Å². The van der Waals surface area contributed by atoms with Gasteiger partial charge in [0.15, 0.2) is 5.76 Å². The number of fused-ring (bicyclic) bond motifs is 1. The summed E-state index contributed by atoms with van der Waals surface area (Å²) in [6.45, 7) is 0.514. The van der Waals surface area contributed by atoms with Crippen molar-refractivity contribution in [1.29, 1.82) is 0 Å². The Labute approximate surface area is 171 Å². The average molecular weight is 413 g/mol. The van der Waals surface area contributed by atoms with Crippen molar-refractivity contribution < 1.29 is 18.3 Å². The van der Waals surface area contributed by atoms with Crippen molar-refractivity contribution in [3.05, 3.63) is 88.7 Å². The van der Waals surface area contributed by atoms with Crippen molar-refractivity contribution in [2.45, 2.75) is 13.0 Å². The van der Waals surface area contributed by atoms with E-state index >= 15 is 0 Å². The lowest BCUT2D eigenvalue weighted by atomic mass is 10.1. The number of carbonyl (C=O) groups excluding carboxylic acids is 1. The molecule has 0 aliphatic heterocycles. The van der Waals surface area contributed by atoms with E-state index in [-0.39, 0.29) is 18.3 Å². The molecular weight excluding hydrogens is 395 g/mol. The van der Waals surface area contributed by atoms with Crippen LogP contribution in [0.2, 0.25) is 5.02 Å². The van der Waals surface area contributed by atoms with Gasteiger partial charge in [0, 0.05) is 28.7 Å². The van der Waals surface area contributed by atoms with Gasteiger partial charge < -0.3 is 19.5 Å². The van der Waals surface area contributed by atoms with Gasteiger partial charge >= 0.3 is 0 Å². The Morgan fingerprint density at radius 3 is 2.97 bits per heavy atom. The summed E-state index contributed by atoms with van der Waals surface area (Å²) < 4.78 is 24.5. The minimum Gasteiger partial charge on any atom is -0.486 e. The normalized spacial score (nSPS) is 11.0. The van der Waals surface area contributed by atoms with Crippen LogP contribution in [0.15, 0.2) is 65.4 Å². The number of benzene rings is 2. The van der Waals surface area contributed by atoms with Crippen LogP contribution in [0.1, 0.15) is 21.7 Å². The fourth-order valence-electron chi connectivity index (χ4n) is 3.12. The van der Waals surface area contributed by atoms with E-state index in [1.54, 1.807) is 36.4 Å². The maximum Gasteiger partial charge on any atom is 0.254 e. The monoisotopic (exact) mass is 412 g/mol. The zero-order chi connectivity index (χ0) is 20.2. The zero-order valence-electron chi connectivity index (χ0n) is 15.4. The predicted octanol–water partition coefficient (Wildman–Crippen LogP) is 5.10. The van der Waals surface area contributed by atoms with E-state index in [0.29, 0.717) is 35.1 Å². The van der Waals surface area contributed by atoms with Crippen LogP contribution in [0.4, 0.5) is 4.39 Å². The van der Waals surface area contributed by atoms with Crippen molar-refractivity contribution in [3.63, 3.8) is 0 Å². The Bertz CT molecular complexity index is 1150. The number of aromatic nitrogens is 1. The van der Waals surface area contributed by atoms with Crippen molar-refractivity contribution >= 4 is 28.4 Å². The van der Waals surface area contributed by atoms with Gasteiger partial charge in [0.2, 0.25) is 0 Å². The molecule has 0 saturated carbocycles. The molecule has 0 unspecified atom stereocenters. The number of hydrogen-bond acceptors (Lipinski definition) is 3. The standard InChI is InChI=1S/C22H18ClFN2O3/c23-15-2-1-3-17(10-15)29-13-21-18(7-9-28-21)22(27)25-8-6-14-12-26-20-5-4-16(24)11-19(14)20/h1-5,7,9-12,26H,6,8,13H2,(H,25,27). The molecule has 0 saturated heterocycles. The van der Waals surface area contributed by atoms with E-state index in [1.165, 1.54) is 18.4 Å². The number of halogens is 2. The molecule has 0 spiro atoms. The highest BCUT2D eigenvalue weighted by Crippen LogP contribution is 2.21. The molecule has 0 atom stereocenters. The highest BCUT2D eigenvalue weighted by Gasteiger charge is 2.15. The molecule has 29 heavy (non-hydrogen) atoms. The highest BCUT2D eigenvalue weighted by molar-refractivity contribution is 6.30. The first kappa shape index (κ1) is 19.1. The lowest BCUT2D eigenvalue weighted by molar-refractivity contribution is 0.0949. The second kappa shape index (κ2) is 8.41. The third-order valence-electron chi connectivity index (χ3n) is 4.57. The Morgan fingerprint density at radius 2 is 2.10 bits per heavy atom. The van der Waals surface area contributed by atoms with Gasteiger partial charge in [-0.3, -0.25) is 4.79 Å². The van der Waals surface area contributed by atoms with Crippen LogP contribution in [0, 0.1) is 5.82 Å². The number of amides is 1. The number of aromatic amines is 1. The van der Waals surface area contributed by atoms with Crippen molar-refractivity contribution in [3.8, 4) is 5.75 Å². The van der Waals surface area contributed by atoms with Crippen LogP contribution in [-0.4, -0.2) is 17.4 Å². The van der Waals surface area contributed by atoms with Gasteiger partial charge in [0.25, 0.3) is 5.91 Å². The number of rotatable bonds is 7. The smallest absolute Gasteiger partial charge is 0.254 e. The number of furan rings is 1. The molecule has 4 aromatic rings. The summed E-state index contributed by atoms with van der Waals surface area (Å²) in [5.41, 5.74) is 2.22. The maximum absolute atomic E-state index is 13.5. The van der Waals surface area contributed by atoms with E-state index in [2.05, 4.69) is 10.3 Å². The fourth-order valence-corrected chi connectivity index (χ4v) is 3.30. The average Bonchev–Trinajstić information content (AvgIpc) is 3.33. The number of carbonyl (C=O) groups is 1. The minimum atomic E-state index is -0.287. The molecule has 2 heterocycles. The zero-order valence-corrected chi connectivity index (χ0v) is 16.1. The summed E-state index contributed by atoms with van der Waals surface area (Å²) >= 11 is 5.94. The third-order valence-corrected chi connectivity index (χ3v) is 4.80. The first-order valence-corrected chi connectivity index (χ1v) is 9.46. The number of H-pyrrole nitrogens is 1. The Kier molecular flexibility index (Phi) is 5.53. The Balaban J connectivity index is 1.35. The second-order valence-corrected chi connectivity index (χ2v) is 6.95. The molecule has 2 aromatic carbocycles. The first-order valence-electron chi connectivity index (χ1n) is 9.08. The molecule has 0 bridgehead atoms. The van der Waals surface area contributed by atoms with Crippen LogP contribution in [-0.2, 0) is 13.0 Å². The van der Waals surface area contributed by atoms with Gasteiger partial charge in [-0.1, -0.05) is 17.7 Å². The van der Waals surface area contributed by atoms with E-state index in [0.717, 1.165) is 16.5 Å². The summed E-state index contributed by atoms with van der Waals surface area (Å²) in [4.78, 5) is 15.6. The maximum atomic E-state index is 13.5. The molecular formula is C22H18ClFN2O3. The largest absolute Gasteiger partial charge is 0.486 e. The molecule has 7 heteroatoms. The van der Waals surface area contributed by atoms with Crippen LogP contribution in [0.3, 0.4) is 0 Å². The summed E-state index contributed by atoms with van der Waals surface area (Å²) in [6, 6.07) is 13.2. The number of hydrogen-bond donors (Lipinski definition) is 2. The Hall–Kier alpha value is -3.25. The lowest BCUT2D eigenvalue weighted by Crippen LogP contribution is -2.26. The third kappa shape index (κ3) is 4.43. The molecule has 0 fully saturated rings. The molecule has 148 valence electrons. The topological polar surface area (TPSA) is 67.3 Å². The molecule has 2 aromatic heterocycles. The number of nitrogens with one attached hydrogen (secondary N) is 2. The summed E-state index contributed by atoms with van der Waals surface area (Å²) in [7, 11) is 0. The van der Waals surface area contributed by atoms with Gasteiger partial charge in [-0.05, 0) is 54.4 Å². The van der Waals surface area contributed by atoms with Gasteiger partial charge in [-0.2, -0.15) is 0 Å². The van der Waals surface area contributed by atoms with E-state index in [9.17, 15) is 9.18 Å². The van der Waals surface area contributed by atoms with Crippen LogP contribution in [0.5, 0.6) is 5.75 Å². The number of ether oxygens (including phenoxy) is 1. The molecule has 1 amide bonds. The SMILES string of the molecule is O=C(NCCc1c[nH]c2ccc(F)cc12)c1ccoc1COc1cccc(Cl)c1. The summed E-state index contributed by atoms with van der Waals surface area (Å²) in [5, 5.41) is 4.25. The van der Waals surface area contributed by atoms with Crippen molar-refractivity contribution in [2.24, 2.45) is 0 Å². The van der Waals surface area contributed by atoms with Gasteiger partial charge in [0.1, 0.15) is 18.2 Å². The first-order chi connectivity index (χ1) is 14.1. The summed E-state index contributed by atoms with van der Waals surface area (Å²) in [5.74, 6) is 0.475. The fraction of sp³-hybridized carbons (Fsp3) is 0.136. The quantitative estimate of drug-likeness (QED) is 0.443. The van der Waals surface area contributed by atoms with Gasteiger partial charge in [0.05, 0.1) is 11.8 Å².